The maximum atomic E-state index is 12.9. The molecule has 5 rings (SSSR count). The van der Waals surface area contributed by atoms with E-state index in [1.54, 1.807) is 0 Å². The van der Waals surface area contributed by atoms with Gasteiger partial charge in [-0.15, -0.1) is 0 Å². The molecular formula is C24H27N3O4. The summed E-state index contributed by atoms with van der Waals surface area (Å²) in [7, 11) is 0. The lowest BCUT2D eigenvalue weighted by atomic mass is 9.82. The van der Waals surface area contributed by atoms with Crippen molar-refractivity contribution in [3.8, 4) is 11.5 Å². The Balaban J connectivity index is 1.20. The second-order valence-electron chi connectivity index (χ2n) is 8.55. The van der Waals surface area contributed by atoms with Crippen LogP contribution in [0.4, 0.5) is 10.5 Å². The molecule has 1 N–H and O–H groups in total. The normalized spacial score (nSPS) is 22.6. The molecule has 2 aromatic carbocycles. The lowest BCUT2D eigenvalue weighted by Crippen LogP contribution is -2.45. The van der Waals surface area contributed by atoms with Gasteiger partial charge in [0.2, 0.25) is 12.7 Å². The highest BCUT2D eigenvalue weighted by Gasteiger charge is 2.36. The van der Waals surface area contributed by atoms with Gasteiger partial charge in [-0.2, -0.15) is 0 Å². The molecule has 3 aliphatic heterocycles. The Morgan fingerprint density at radius 2 is 1.81 bits per heavy atom. The molecule has 162 valence electrons. The highest BCUT2D eigenvalue weighted by Crippen LogP contribution is 2.35. The van der Waals surface area contributed by atoms with Crippen LogP contribution >= 0.6 is 0 Å². The zero-order valence-corrected chi connectivity index (χ0v) is 17.5. The van der Waals surface area contributed by atoms with Gasteiger partial charge in [-0.1, -0.05) is 24.3 Å². The summed E-state index contributed by atoms with van der Waals surface area (Å²) in [5.74, 6) is 2.39. The number of hydrogen-bond donors (Lipinski definition) is 1. The Hall–Kier alpha value is -3.22. The predicted molar refractivity (Wildman–Crippen MR) is 116 cm³/mol. The third-order valence-corrected chi connectivity index (χ3v) is 6.57. The molecule has 0 unspecified atom stereocenters. The lowest BCUT2D eigenvalue weighted by Gasteiger charge is -2.37. The van der Waals surface area contributed by atoms with Gasteiger partial charge in [-0.3, -0.25) is 4.79 Å². The molecule has 0 saturated carbocycles. The molecule has 0 spiro atoms. The molecule has 0 bridgehead atoms. The van der Waals surface area contributed by atoms with Gasteiger partial charge in [0.05, 0.1) is 0 Å². The van der Waals surface area contributed by atoms with E-state index in [1.807, 2.05) is 58.3 Å². The summed E-state index contributed by atoms with van der Waals surface area (Å²) in [6, 6.07) is 15.3. The molecule has 0 radical (unpaired) electrons. The fraction of sp³-hybridized carbons (Fsp3) is 0.417. The zero-order chi connectivity index (χ0) is 21.2. The molecular weight excluding hydrogens is 394 g/mol. The Morgan fingerprint density at radius 3 is 2.68 bits per heavy atom. The number of nitrogens with zero attached hydrogens (tertiary/aromatic N) is 2. The third kappa shape index (κ3) is 4.31. The van der Waals surface area contributed by atoms with Crippen molar-refractivity contribution in [2.45, 2.75) is 25.8 Å². The van der Waals surface area contributed by atoms with Crippen molar-refractivity contribution in [1.82, 2.24) is 9.80 Å². The first-order valence-electron chi connectivity index (χ1n) is 10.9. The highest BCUT2D eigenvalue weighted by atomic mass is 16.7. The number of nitrogens with one attached hydrogen (secondary N) is 1. The van der Waals surface area contributed by atoms with Gasteiger partial charge in [0.1, 0.15) is 0 Å². The molecule has 2 saturated heterocycles. The van der Waals surface area contributed by atoms with E-state index in [-0.39, 0.29) is 18.7 Å². The summed E-state index contributed by atoms with van der Waals surface area (Å²) in [5.41, 5.74) is 1.85. The van der Waals surface area contributed by atoms with Gasteiger partial charge in [0.15, 0.2) is 11.5 Å². The summed E-state index contributed by atoms with van der Waals surface area (Å²) in [6.45, 7) is 2.93. The summed E-state index contributed by atoms with van der Waals surface area (Å²) in [4.78, 5) is 29.5. The average molecular weight is 421 g/mol. The minimum Gasteiger partial charge on any atom is -0.454 e. The average Bonchev–Trinajstić information content (AvgIpc) is 3.19. The molecule has 2 fully saturated rings. The van der Waals surface area contributed by atoms with E-state index < -0.39 is 0 Å². The first kappa shape index (κ1) is 19.7. The van der Waals surface area contributed by atoms with Crippen LogP contribution in [0.2, 0.25) is 0 Å². The first-order valence-corrected chi connectivity index (χ1v) is 10.9. The van der Waals surface area contributed by atoms with Gasteiger partial charge in [0, 0.05) is 38.3 Å². The van der Waals surface area contributed by atoms with Crippen LogP contribution in [-0.2, 0) is 11.3 Å². The minimum atomic E-state index is -0.0579. The number of carbonyl (C=O) groups excluding carboxylic acids is 2. The number of carbonyl (C=O) groups is 2. The number of likely N-dealkylation sites (tertiary alicyclic amines) is 2. The van der Waals surface area contributed by atoms with E-state index in [4.69, 9.17) is 9.47 Å². The molecule has 2 aromatic rings. The van der Waals surface area contributed by atoms with Crippen molar-refractivity contribution >= 4 is 17.6 Å². The standard InChI is InChI=1S/C24H27N3O4/c28-23-13-18-8-11-27(24(29)25-20-4-2-1-3-5-20)15-19(18)9-10-26(23)14-17-6-7-21-22(12-17)31-16-30-21/h1-7,12,18-19H,8-11,13-16H2,(H,25,29)/t18-,19-/m0/s1. The van der Waals surface area contributed by atoms with E-state index in [2.05, 4.69) is 5.32 Å². The van der Waals surface area contributed by atoms with Crippen LogP contribution < -0.4 is 14.8 Å². The van der Waals surface area contributed by atoms with Gasteiger partial charge in [-0.25, -0.2) is 4.79 Å². The van der Waals surface area contributed by atoms with Gasteiger partial charge >= 0.3 is 6.03 Å². The van der Waals surface area contributed by atoms with Crippen molar-refractivity contribution in [3.63, 3.8) is 0 Å². The van der Waals surface area contributed by atoms with E-state index in [0.29, 0.717) is 44.4 Å². The first-order chi connectivity index (χ1) is 15.2. The highest BCUT2D eigenvalue weighted by molar-refractivity contribution is 5.89. The van der Waals surface area contributed by atoms with E-state index >= 15 is 0 Å². The number of fused-ring (bicyclic) bond motifs is 2. The lowest BCUT2D eigenvalue weighted by molar-refractivity contribution is -0.132. The second-order valence-corrected chi connectivity index (χ2v) is 8.55. The third-order valence-electron chi connectivity index (χ3n) is 6.57. The minimum absolute atomic E-state index is 0.0579. The molecule has 0 aliphatic carbocycles. The van der Waals surface area contributed by atoms with Crippen molar-refractivity contribution in [3.05, 3.63) is 54.1 Å². The number of ether oxygens (including phenoxy) is 2. The SMILES string of the molecule is O=C1C[C@@H]2CCN(C(=O)Nc3ccccc3)C[C@@H]2CCN1Cc1ccc2c(c1)OCO2. The number of para-hydroxylation sites is 1. The topological polar surface area (TPSA) is 71.1 Å². The maximum Gasteiger partial charge on any atom is 0.321 e. The molecule has 7 nitrogen and oxygen atoms in total. The summed E-state index contributed by atoms with van der Waals surface area (Å²) >= 11 is 0. The van der Waals surface area contributed by atoms with E-state index in [0.717, 1.165) is 35.6 Å². The Morgan fingerprint density at radius 1 is 1.00 bits per heavy atom. The van der Waals surface area contributed by atoms with Crippen LogP contribution in [0.5, 0.6) is 11.5 Å². The van der Waals surface area contributed by atoms with Crippen LogP contribution in [0.15, 0.2) is 48.5 Å². The maximum absolute atomic E-state index is 12.9. The number of rotatable bonds is 3. The van der Waals surface area contributed by atoms with Crippen molar-refractivity contribution in [1.29, 1.82) is 0 Å². The number of amides is 3. The van der Waals surface area contributed by atoms with E-state index in [9.17, 15) is 9.59 Å². The molecule has 31 heavy (non-hydrogen) atoms. The Labute approximate surface area is 181 Å². The van der Waals surface area contributed by atoms with Crippen molar-refractivity contribution in [2.24, 2.45) is 11.8 Å². The Kier molecular flexibility index (Phi) is 5.40. The molecule has 0 aromatic heterocycles. The number of hydrogen-bond acceptors (Lipinski definition) is 4. The van der Waals surface area contributed by atoms with Crippen LogP contribution in [0.3, 0.4) is 0 Å². The van der Waals surface area contributed by atoms with Gasteiger partial charge in [-0.05, 0) is 54.5 Å². The zero-order valence-electron chi connectivity index (χ0n) is 17.5. The van der Waals surface area contributed by atoms with Crippen molar-refractivity contribution in [2.75, 3.05) is 31.7 Å². The monoisotopic (exact) mass is 421 g/mol. The quantitative estimate of drug-likeness (QED) is 0.820. The Bertz CT molecular complexity index is 965. The number of urea groups is 1. The van der Waals surface area contributed by atoms with Gasteiger partial charge < -0.3 is 24.6 Å². The molecule has 3 aliphatic rings. The molecule has 3 heterocycles. The predicted octanol–water partition coefficient (Wildman–Crippen LogP) is 3.71. The summed E-state index contributed by atoms with van der Waals surface area (Å²) in [6.07, 6.45) is 2.34. The van der Waals surface area contributed by atoms with Crippen LogP contribution in [0.1, 0.15) is 24.8 Å². The number of anilines is 1. The largest absolute Gasteiger partial charge is 0.454 e. The number of piperidine rings is 1. The van der Waals surface area contributed by atoms with E-state index in [1.165, 1.54) is 0 Å². The van der Waals surface area contributed by atoms with Crippen LogP contribution in [-0.4, -0.2) is 48.2 Å². The summed E-state index contributed by atoms with van der Waals surface area (Å²) in [5, 5.41) is 2.98. The fourth-order valence-corrected chi connectivity index (χ4v) is 4.81. The fourth-order valence-electron chi connectivity index (χ4n) is 4.81. The van der Waals surface area contributed by atoms with Crippen LogP contribution in [0, 0.1) is 11.8 Å². The molecule has 2 atom stereocenters. The van der Waals surface area contributed by atoms with Gasteiger partial charge in [0.25, 0.3) is 0 Å². The van der Waals surface area contributed by atoms with Crippen LogP contribution in [0.25, 0.3) is 0 Å². The smallest absolute Gasteiger partial charge is 0.321 e. The molecule has 3 amide bonds. The second kappa shape index (κ2) is 8.49. The van der Waals surface area contributed by atoms with Crippen molar-refractivity contribution < 1.29 is 19.1 Å². The molecule has 7 heteroatoms. The number of benzene rings is 2. The summed E-state index contributed by atoms with van der Waals surface area (Å²) < 4.78 is 10.8.